The fourth-order valence-electron chi connectivity index (χ4n) is 2.11. The topological polar surface area (TPSA) is 54.3 Å². The van der Waals surface area contributed by atoms with Crippen molar-refractivity contribution in [2.75, 3.05) is 5.32 Å². The van der Waals surface area contributed by atoms with Gasteiger partial charge in [0, 0.05) is 30.7 Å². The molecule has 2 aromatic rings. The fraction of sp³-hybridized carbons (Fsp3) is 0.267. The number of carboxylic acid groups (broad SMARTS) is 1. The lowest BCUT2D eigenvalue weighted by molar-refractivity contribution is 0.0697. The maximum atomic E-state index is 11.0. The monoisotopic (exact) mass is 292 g/mol. The molecule has 1 aromatic carbocycles. The van der Waals surface area contributed by atoms with Gasteiger partial charge in [0.05, 0.1) is 10.6 Å². The lowest BCUT2D eigenvalue weighted by Gasteiger charge is -2.08. The Kier molecular flexibility index (Phi) is 4.04. The highest BCUT2D eigenvalue weighted by Crippen LogP contribution is 2.22. The third kappa shape index (κ3) is 2.80. The first-order valence-corrected chi connectivity index (χ1v) is 6.66. The number of benzene rings is 1. The number of aromatic nitrogens is 1. The zero-order valence-corrected chi connectivity index (χ0v) is 12.5. The van der Waals surface area contributed by atoms with Crippen LogP contribution in [0.1, 0.15) is 27.3 Å². The molecule has 2 N–H and O–H groups in total. The van der Waals surface area contributed by atoms with Crippen LogP contribution < -0.4 is 5.32 Å². The quantitative estimate of drug-likeness (QED) is 0.905. The molecule has 0 amide bonds. The van der Waals surface area contributed by atoms with Crippen LogP contribution in [0.3, 0.4) is 0 Å². The average molecular weight is 293 g/mol. The molecule has 0 saturated heterocycles. The highest BCUT2D eigenvalue weighted by Gasteiger charge is 2.10. The van der Waals surface area contributed by atoms with E-state index in [0.717, 1.165) is 5.69 Å². The predicted octanol–water partition coefficient (Wildman–Crippen LogP) is 3.61. The van der Waals surface area contributed by atoms with Gasteiger partial charge in [-0.3, -0.25) is 0 Å². The Balaban J connectivity index is 2.17. The van der Waals surface area contributed by atoms with Crippen LogP contribution in [0.25, 0.3) is 0 Å². The SMILES string of the molecule is Cc1cc(CNc2ccc(Cl)c(C(=O)O)c2)c(C)n1C. The Hall–Kier alpha value is -1.94. The molecule has 0 unspecified atom stereocenters. The van der Waals surface area contributed by atoms with Gasteiger partial charge in [0.25, 0.3) is 0 Å². The Bertz CT molecular complexity index is 662. The van der Waals surface area contributed by atoms with Crippen molar-refractivity contribution in [2.24, 2.45) is 7.05 Å². The van der Waals surface area contributed by atoms with Crippen LogP contribution in [0.15, 0.2) is 24.3 Å². The summed E-state index contributed by atoms with van der Waals surface area (Å²) in [5, 5.41) is 12.5. The molecule has 5 heteroatoms. The molecule has 20 heavy (non-hydrogen) atoms. The highest BCUT2D eigenvalue weighted by molar-refractivity contribution is 6.33. The molecule has 1 heterocycles. The summed E-state index contributed by atoms with van der Waals surface area (Å²) in [7, 11) is 2.03. The number of hydrogen-bond acceptors (Lipinski definition) is 2. The van der Waals surface area contributed by atoms with Crippen molar-refractivity contribution in [1.29, 1.82) is 0 Å². The van der Waals surface area contributed by atoms with E-state index in [2.05, 4.69) is 29.8 Å². The van der Waals surface area contributed by atoms with Gasteiger partial charge < -0.3 is 15.0 Å². The van der Waals surface area contributed by atoms with E-state index in [0.29, 0.717) is 6.54 Å². The van der Waals surface area contributed by atoms with Gasteiger partial charge in [-0.25, -0.2) is 4.79 Å². The molecule has 2 rings (SSSR count). The van der Waals surface area contributed by atoms with Crippen LogP contribution in [-0.4, -0.2) is 15.6 Å². The summed E-state index contributed by atoms with van der Waals surface area (Å²) < 4.78 is 2.13. The van der Waals surface area contributed by atoms with Crippen LogP contribution in [0.5, 0.6) is 0 Å². The molecule has 0 spiro atoms. The van der Waals surface area contributed by atoms with Crippen LogP contribution in [0.4, 0.5) is 5.69 Å². The summed E-state index contributed by atoms with van der Waals surface area (Å²) in [5.74, 6) is -1.02. The molecule has 0 aliphatic rings. The normalized spacial score (nSPS) is 10.6. The number of aryl methyl sites for hydroxylation is 1. The summed E-state index contributed by atoms with van der Waals surface area (Å²) >= 11 is 5.85. The zero-order valence-electron chi connectivity index (χ0n) is 11.7. The van der Waals surface area contributed by atoms with Gasteiger partial charge in [-0.05, 0) is 43.7 Å². The van der Waals surface area contributed by atoms with E-state index >= 15 is 0 Å². The van der Waals surface area contributed by atoms with E-state index in [-0.39, 0.29) is 10.6 Å². The minimum Gasteiger partial charge on any atom is -0.478 e. The van der Waals surface area contributed by atoms with Crippen molar-refractivity contribution in [3.05, 3.63) is 51.8 Å². The third-order valence-electron chi connectivity index (χ3n) is 3.56. The van der Waals surface area contributed by atoms with Crippen molar-refractivity contribution in [1.82, 2.24) is 4.57 Å². The second kappa shape index (κ2) is 5.59. The van der Waals surface area contributed by atoms with E-state index in [4.69, 9.17) is 16.7 Å². The van der Waals surface area contributed by atoms with Gasteiger partial charge in [-0.1, -0.05) is 11.6 Å². The van der Waals surface area contributed by atoms with E-state index in [1.165, 1.54) is 17.0 Å². The van der Waals surface area contributed by atoms with Gasteiger partial charge in [-0.15, -0.1) is 0 Å². The van der Waals surface area contributed by atoms with E-state index < -0.39 is 5.97 Å². The van der Waals surface area contributed by atoms with Crippen molar-refractivity contribution >= 4 is 23.3 Å². The fourth-order valence-corrected chi connectivity index (χ4v) is 2.31. The van der Waals surface area contributed by atoms with Crippen LogP contribution >= 0.6 is 11.6 Å². The molecule has 0 bridgehead atoms. The molecule has 1 aromatic heterocycles. The number of hydrogen-bond donors (Lipinski definition) is 2. The van der Waals surface area contributed by atoms with Crippen LogP contribution in [-0.2, 0) is 13.6 Å². The van der Waals surface area contributed by atoms with E-state index in [1.54, 1.807) is 18.2 Å². The van der Waals surface area contributed by atoms with Gasteiger partial charge in [0.1, 0.15) is 0 Å². The Labute approximate surface area is 123 Å². The summed E-state index contributed by atoms with van der Waals surface area (Å²) in [6.45, 7) is 4.77. The molecule has 0 fully saturated rings. The summed E-state index contributed by atoms with van der Waals surface area (Å²) in [6.07, 6.45) is 0. The molecule has 0 saturated carbocycles. The molecule has 0 aliphatic heterocycles. The number of carboxylic acids is 1. The van der Waals surface area contributed by atoms with Crippen molar-refractivity contribution in [2.45, 2.75) is 20.4 Å². The molecule has 4 nitrogen and oxygen atoms in total. The van der Waals surface area contributed by atoms with Gasteiger partial charge in [0.15, 0.2) is 0 Å². The highest BCUT2D eigenvalue weighted by atomic mass is 35.5. The number of nitrogens with zero attached hydrogens (tertiary/aromatic N) is 1. The Morgan fingerprint density at radius 2 is 2.05 bits per heavy atom. The summed E-state index contributed by atoms with van der Waals surface area (Å²) in [4.78, 5) is 11.0. The number of anilines is 1. The second-order valence-electron chi connectivity index (χ2n) is 4.81. The minimum absolute atomic E-state index is 0.109. The largest absolute Gasteiger partial charge is 0.478 e. The number of nitrogens with one attached hydrogen (secondary N) is 1. The number of aromatic carboxylic acids is 1. The predicted molar refractivity (Wildman–Crippen MR) is 80.6 cm³/mol. The van der Waals surface area contributed by atoms with Gasteiger partial charge >= 0.3 is 5.97 Å². The summed E-state index contributed by atoms with van der Waals surface area (Å²) in [6, 6.07) is 7.04. The van der Waals surface area contributed by atoms with Crippen molar-refractivity contribution in [3.63, 3.8) is 0 Å². The molecular formula is C15H17ClN2O2. The van der Waals surface area contributed by atoms with E-state index in [1.807, 2.05) is 7.05 Å². The van der Waals surface area contributed by atoms with Crippen LogP contribution in [0, 0.1) is 13.8 Å². The van der Waals surface area contributed by atoms with Crippen molar-refractivity contribution in [3.8, 4) is 0 Å². The summed E-state index contributed by atoms with van der Waals surface area (Å²) in [5.41, 5.74) is 4.44. The second-order valence-corrected chi connectivity index (χ2v) is 5.22. The third-order valence-corrected chi connectivity index (χ3v) is 3.89. The van der Waals surface area contributed by atoms with Crippen LogP contribution in [0.2, 0.25) is 5.02 Å². The first-order chi connectivity index (χ1) is 9.40. The van der Waals surface area contributed by atoms with Crippen molar-refractivity contribution < 1.29 is 9.90 Å². The minimum atomic E-state index is -1.02. The smallest absolute Gasteiger partial charge is 0.337 e. The first-order valence-electron chi connectivity index (χ1n) is 6.28. The first kappa shape index (κ1) is 14.5. The standard InChI is InChI=1S/C15H17ClN2O2/c1-9-6-11(10(2)18(9)3)8-17-12-4-5-14(16)13(7-12)15(19)20/h4-7,17H,8H2,1-3H3,(H,19,20). The molecular weight excluding hydrogens is 276 g/mol. The van der Waals surface area contributed by atoms with E-state index in [9.17, 15) is 4.79 Å². The lowest BCUT2D eigenvalue weighted by atomic mass is 10.2. The molecule has 106 valence electrons. The zero-order chi connectivity index (χ0) is 14.9. The number of rotatable bonds is 4. The molecule has 0 radical (unpaired) electrons. The maximum Gasteiger partial charge on any atom is 0.337 e. The lowest BCUT2D eigenvalue weighted by Crippen LogP contribution is -2.03. The number of halogens is 1. The average Bonchev–Trinajstić information content (AvgIpc) is 2.65. The van der Waals surface area contributed by atoms with Gasteiger partial charge in [0.2, 0.25) is 0 Å². The number of carbonyl (C=O) groups is 1. The molecule has 0 atom stereocenters. The molecule has 0 aliphatic carbocycles. The Morgan fingerprint density at radius 1 is 1.35 bits per heavy atom. The van der Waals surface area contributed by atoms with Gasteiger partial charge in [-0.2, -0.15) is 0 Å². The maximum absolute atomic E-state index is 11.0. The Morgan fingerprint density at radius 3 is 2.60 bits per heavy atom.